The molecule has 0 fully saturated rings. The number of carbonyl (C=O) groups excluding carboxylic acids is 1. The molecule has 0 aliphatic rings. The van der Waals surface area contributed by atoms with E-state index in [9.17, 15) is 9.18 Å². The summed E-state index contributed by atoms with van der Waals surface area (Å²) in [5.74, 6) is -0.987. The summed E-state index contributed by atoms with van der Waals surface area (Å²) in [6, 6.07) is 7.81. The molecule has 0 N–H and O–H groups in total. The number of benzene rings is 1. The number of aryl methyl sites for hydroxylation is 1. The molecule has 0 radical (unpaired) electrons. The Morgan fingerprint density at radius 2 is 2.12 bits per heavy atom. The largest absolute Gasteiger partial charge is 0.421 e. The molecule has 2 aromatic rings. The van der Waals surface area contributed by atoms with Crippen LogP contribution < -0.4 is 4.74 Å². The minimum Gasteiger partial charge on any atom is -0.421 e. The van der Waals surface area contributed by atoms with Crippen molar-refractivity contribution in [3.05, 3.63) is 59.7 Å². The van der Waals surface area contributed by atoms with Crippen molar-refractivity contribution in [3.8, 4) is 5.75 Å². The molecule has 17 heavy (non-hydrogen) atoms. The third-order valence-electron chi connectivity index (χ3n) is 2.26. The Morgan fingerprint density at radius 3 is 2.82 bits per heavy atom. The standard InChI is InChI=1S/C13H10FNO2/c1-9-4-2-6-11(12(9)14)13(16)17-10-5-3-7-15-8-10/h2-8H,1H3. The third kappa shape index (κ3) is 2.47. The Kier molecular flexibility index (Phi) is 3.14. The lowest BCUT2D eigenvalue weighted by atomic mass is 10.1. The highest BCUT2D eigenvalue weighted by Crippen LogP contribution is 2.15. The summed E-state index contributed by atoms with van der Waals surface area (Å²) in [6.45, 7) is 1.59. The first-order chi connectivity index (χ1) is 8.18. The van der Waals surface area contributed by atoms with Crippen LogP contribution in [0.2, 0.25) is 0 Å². The second-order valence-electron chi connectivity index (χ2n) is 3.51. The van der Waals surface area contributed by atoms with Gasteiger partial charge in [-0.15, -0.1) is 0 Å². The van der Waals surface area contributed by atoms with Crippen LogP contribution in [0.1, 0.15) is 15.9 Å². The summed E-state index contributed by atoms with van der Waals surface area (Å²) in [5, 5.41) is 0. The van der Waals surface area contributed by atoms with Crippen LogP contribution in [0.3, 0.4) is 0 Å². The number of carbonyl (C=O) groups is 1. The van der Waals surface area contributed by atoms with E-state index in [0.29, 0.717) is 11.3 Å². The topological polar surface area (TPSA) is 39.2 Å². The maximum absolute atomic E-state index is 13.6. The van der Waals surface area contributed by atoms with E-state index in [1.807, 2.05) is 0 Å². The number of ether oxygens (including phenoxy) is 1. The van der Waals surface area contributed by atoms with Crippen molar-refractivity contribution < 1.29 is 13.9 Å². The van der Waals surface area contributed by atoms with Gasteiger partial charge < -0.3 is 4.74 Å². The Morgan fingerprint density at radius 1 is 1.29 bits per heavy atom. The van der Waals surface area contributed by atoms with Gasteiger partial charge in [0.1, 0.15) is 11.6 Å². The van der Waals surface area contributed by atoms with Gasteiger partial charge in [0, 0.05) is 6.20 Å². The van der Waals surface area contributed by atoms with Crippen LogP contribution in [0.4, 0.5) is 4.39 Å². The maximum atomic E-state index is 13.6. The molecule has 0 aliphatic heterocycles. The molecule has 4 heteroatoms. The predicted molar refractivity (Wildman–Crippen MR) is 60.3 cm³/mol. The molecule has 1 aromatic heterocycles. The Balaban J connectivity index is 2.24. The first-order valence-electron chi connectivity index (χ1n) is 5.06. The molecule has 0 aliphatic carbocycles. The van der Waals surface area contributed by atoms with Crippen molar-refractivity contribution in [1.82, 2.24) is 4.98 Å². The zero-order chi connectivity index (χ0) is 12.3. The minimum atomic E-state index is -0.723. The second-order valence-corrected chi connectivity index (χ2v) is 3.51. The molecule has 0 unspecified atom stereocenters. The van der Waals surface area contributed by atoms with E-state index in [-0.39, 0.29) is 5.56 Å². The van der Waals surface area contributed by atoms with Gasteiger partial charge >= 0.3 is 5.97 Å². The summed E-state index contributed by atoms with van der Waals surface area (Å²) >= 11 is 0. The van der Waals surface area contributed by atoms with Crippen LogP contribution >= 0.6 is 0 Å². The van der Waals surface area contributed by atoms with Crippen LogP contribution in [-0.4, -0.2) is 11.0 Å². The summed E-state index contributed by atoms with van der Waals surface area (Å²) < 4.78 is 18.6. The van der Waals surface area contributed by atoms with Crippen LogP contribution in [0, 0.1) is 12.7 Å². The first kappa shape index (κ1) is 11.3. The molecule has 3 nitrogen and oxygen atoms in total. The van der Waals surface area contributed by atoms with E-state index in [1.54, 1.807) is 37.4 Å². The van der Waals surface area contributed by atoms with Crippen LogP contribution in [0.5, 0.6) is 5.75 Å². The number of rotatable bonds is 2. The molecule has 0 bridgehead atoms. The predicted octanol–water partition coefficient (Wildman–Crippen LogP) is 2.75. The molecule has 1 heterocycles. The monoisotopic (exact) mass is 231 g/mol. The SMILES string of the molecule is Cc1cccc(C(=O)Oc2cccnc2)c1F. The van der Waals surface area contributed by atoms with Gasteiger partial charge in [-0.1, -0.05) is 12.1 Å². The number of hydrogen-bond acceptors (Lipinski definition) is 3. The quantitative estimate of drug-likeness (QED) is 0.746. The first-order valence-corrected chi connectivity index (χ1v) is 5.06. The second kappa shape index (κ2) is 4.74. The molecule has 0 amide bonds. The van der Waals surface area contributed by atoms with E-state index in [0.717, 1.165) is 0 Å². The fourth-order valence-corrected chi connectivity index (χ4v) is 1.37. The summed E-state index contributed by atoms with van der Waals surface area (Å²) in [7, 11) is 0. The Bertz CT molecular complexity index is 540. The number of halogens is 1. The van der Waals surface area contributed by atoms with Crippen LogP contribution in [0.15, 0.2) is 42.7 Å². The van der Waals surface area contributed by atoms with E-state index in [2.05, 4.69) is 4.98 Å². The molecule has 0 spiro atoms. The van der Waals surface area contributed by atoms with E-state index < -0.39 is 11.8 Å². The lowest BCUT2D eigenvalue weighted by molar-refractivity contribution is 0.0729. The van der Waals surface area contributed by atoms with E-state index >= 15 is 0 Å². The summed E-state index contributed by atoms with van der Waals surface area (Å²) in [4.78, 5) is 15.5. The van der Waals surface area contributed by atoms with Crippen LogP contribution in [0.25, 0.3) is 0 Å². The number of pyridine rings is 1. The smallest absolute Gasteiger partial charge is 0.346 e. The molecule has 0 saturated heterocycles. The average Bonchev–Trinajstić information content (AvgIpc) is 2.34. The van der Waals surface area contributed by atoms with Gasteiger partial charge in [0.2, 0.25) is 0 Å². The lowest BCUT2D eigenvalue weighted by Gasteiger charge is -2.05. The molecule has 86 valence electrons. The Hall–Kier alpha value is -2.23. The lowest BCUT2D eigenvalue weighted by Crippen LogP contribution is -2.11. The number of aromatic nitrogens is 1. The molecule has 2 rings (SSSR count). The van der Waals surface area contributed by atoms with E-state index in [1.165, 1.54) is 12.3 Å². The van der Waals surface area contributed by atoms with Gasteiger partial charge in [-0.3, -0.25) is 4.98 Å². The maximum Gasteiger partial charge on any atom is 0.346 e. The van der Waals surface area contributed by atoms with Crippen molar-refractivity contribution in [2.75, 3.05) is 0 Å². The zero-order valence-electron chi connectivity index (χ0n) is 9.18. The summed E-state index contributed by atoms with van der Waals surface area (Å²) in [6.07, 6.45) is 2.95. The van der Waals surface area contributed by atoms with Gasteiger partial charge in [0.05, 0.1) is 11.8 Å². The molecule has 1 aromatic carbocycles. The van der Waals surface area contributed by atoms with Gasteiger partial charge in [0.15, 0.2) is 0 Å². The van der Waals surface area contributed by atoms with Crippen molar-refractivity contribution in [2.24, 2.45) is 0 Å². The van der Waals surface area contributed by atoms with Crippen molar-refractivity contribution >= 4 is 5.97 Å². The molecule has 0 saturated carbocycles. The molecule has 0 atom stereocenters. The molecular formula is C13H10FNO2. The van der Waals surface area contributed by atoms with Crippen molar-refractivity contribution in [3.63, 3.8) is 0 Å². The molecular weight excluding hydrogens is 221 g/mol. The Labute approximate surface area is 97.9 Å². The normalized spacial score (nSPS) is 10.0. The van der Waals surface area contributed by atoms with Gasteiger partial charge in [0.25, 0.3) is 0 Å². The minimum absolute atomic E-state index is 0.0751. The van der Waals surface area contributed by atoms with Crippen molar-refractivity contribution in [2.45, 2.75) is 6.92 Å². The summed E-state index contributed by atoms with van der Waals surface area (Å²) in [5.41, 5.74) is 0.333. The highest BCUT2D eigenvalue weighted by Gasteiger charge is 2.15. The highest BCUT2D eigenvalue weighted by molar-refractivity contribution is 5.91. The van der Waals surface area contributed by atoms with Crippen LogP contribution in [-0.2, 0) is 0 Å². The third-order valence-corrected chi connectivity index (χ3v) is 2.26. The van der Waals surface area contributed by atoms with Gasteiger partial charge in [-0.25, -0.2) is 9.18 Å². The fraction of sp³-hybridized carbons (Fsp3) is 0.0769. The fourth-order valence-electron chi connectivity index (χ4n) is 1.37. The highest BCUT2D eigenvalue weighted by atomic mass is 19.1. The van der Waals surface area contributed by atoms with Gasteiger partial charge in [-0.05, 0) is 30.7 Å². The van der Waals surface area contributed by atoms with Crippen molar-refractivity contribution in [1.29, 1.82) is 0 Å². The van der Waals surface area contributed by atoms with E-state index in [4.69, 9.17) is 4.74 Å². The average molecular weight is 231 g/mol. The zero-order valence-corrected chi connectivity index (χ0v) is 9.18. The van der Waals surface area contributed by atoms with Gasteiger partial charge in [-0.2, -0.15) is 0 Å². The number of nitrogens with zero attached hydrogens (tertiary/aromatic N) is 1. The number of esters is 1. The number of hydrogen-bond donors (Lipinski definition) is 0.